The Balaban J connectivity index is 0.00000578. The zero-order valence-electron chi connectivity index (χ0n) is 19.6. The van der Waals surface area contributed by atoms with Gasteiger partial charge in [-0.15, -0.1) is 0 Å². The molecule has 0 unspecified atom stereocenters. The third-order valence-electron chi connectivity index (χ3n) is 5.28. The molecule has 1 aliphatic heterocycles. The van der Waals surface area contributed by atoms with Gasteiger partial charge in [-0.2, -0.15) is 0 Å². The Labute approximate surface area is 220 Å². The van der Waals surface area contributed by atoms with E-state index in [2.05, 4.69) is 10.6 Å². The second-order valence-corrected chi connectivity index (χ2v) is 8.01. The second-order valence-electron chi connectivity index (χ2n) is 8.01. The molecular weight excluding hydrogens is 459 g/mol. The van der Waals surface area contributed by atoms with Crippen LogP contribution < -0.4 is 45.3 Å². The molecule has 1 saturated heterocycles. The number of aliphatic carboxylic acids is 1. The van der Waals surface area contributed by atoms with E-state index >= 15 is 0 Å². The van der Waals surface area contributed by atoms with E-state index in [0.29, 0.717) is 12.0 Å². The summed E-state index contributed by atoms with van der Waals surface area (Å²) in [5.41, 5.74) is 0.621. The zero-order valence-corrected chi connectivity index (χ0v) is 21.6. The minimum atomic E-state index is -2.46. The Morgan fingerprint density at radius 2 is 1.91 bits per heavy atom. The van der Waals surface area contributed by atoms with Gasteiger partial charge in [-0.3, -0.25) is 9.59 Å². The third kappa shape index (κ3) is 8.28. The van der Waals surface area contributed by atoms with Crippen molar-refractivity contribution in [2.45, 2.75) is 76.0 Å². The van der Waals surface area contributed by atoms with Gasteiger partial charge in [0.1, 0.15) is 18.2 Å². The molecule has 11 nitrogen and oxygen atoms in total. The number of hydrogen-bond acceptors (Lipinski definition) is 9. The molecule has 2 rings (SSSR count). The predicted molar refractivity (Wildman–Crippen MR) is 112 cm³/mol. The molecule has 184 valence electrons. The van der Waals surface area contributed by atoms with E-state index in [-0.39, 0.29) is 55.0 Å². The SMILES string of the molecule is CCCC(=O)NC[C@@H](O)[C@H](O)[C@@H]1O[C@@](OCc2ccccc2)(C(=O)[O-])C[C@H](O)[C@H]1NC(C)=O.[Na+]. The molecule has 1 heterocycles. The molecule has 6 atom stereocenters. The van der Waals surface area contributed by atoms with Gasteiger partial charge >= 0.3 is 29.6 Å². The van der Waals surface area contributed by atoms with E-state index in [1.165, 1.54) is 6.92 Å². The first-order valence-corrected chi connectivity index (χ1v) is 10.7. The number of ether oxygens (including phenoxy) is 2. The largest absolute Gasteiger partial charge is 1.00 e. The summed E-state index contributed by atoms with van der Waals surface area (Å²) in [5.74, 6) is -5.17. The summed E-state index contributed by atoms with van der Waals surface area (Å²) in [4.78, 5) is 35.4. The number of carboxylic acid groups (broad SMARTS) is 1. The molecule has 0 aliphatic carbocycles. The number of benzene rings is 1. The van der Waals surface area contributed by atoms with Crippen molar-refractivity contribution in [2.75, 3.05) is 6.54 Å². The van der Waals surface area contributed by atoms with E-state index in [1.807, 2.05) is 0 Å². The number of aliphatic hydroxyl groups is 3. The number of carbonyl (C=O) groups is 3. The fraction of sp³-hybridized carbons (Fsp3) is 0.591. The maximum atomic E-state index is 12.0. The first kappa shape index (κ1) is 30.5. The Bertz CT molecular complexity index is 813. The van der Waals surface area contributed by atoms with Crippen LogP contribution in [0.25, 0.3) is 0 Å². The topological polar surface area (TPSA) is 177 Å². The van der Waals surface area contributed by atoms with Crippen molar-refractivity contribution >= 4 is 17.8 Å². The molecule has 1 aromatic carbocycles. The van der Waals surface area contributed by atoms with Crippen molar-refractivity contribution in [3.63, 3.8) is 0 Å². The van der Waals surface area contributed by atoms with Gasteiger partial charge in [-0.1, -0.05) is 37.3 Å². The van der Waals surface area contributed by atoms with Gasteiger partial charge in [0.15, 0.2) is 0 Å². The molecule has 1 aromatic rings. The van der Waals surface area contributed by atoms with Crippen LogP contribution in [0.2, 0.25) is 0 Å². The quantitative estimate of drug-likeness (QED) is 0.190. The zero-order chi connectivity index (χ0) is 24.6. The van der Waals surface area contributed by atoms with Crippen molar-refractivity contribution in [1.29, 1.82) is 0 Å². The summed E-state index contributed by atoms with van der Waals surface area (Å²) >= 11 is 0. The molecule has 0 radical (unpaired) electrons. The summed E-state index contributed by atoms with van der Waals surface area (Å²) in [6, 6.07) is 7.34. The van der Waals surface area contributed by atoms with Crippen LogP contribution in [0.4, 0.5) is 0 Å². The van der Waals surface area contributed by atoms with Crippen molar-refractivity contribution in [2.24, 2.45) is 0 Å². The number of carboxylic acids is 1. The standard InChI is InChI=1S/C22H32N2O9.Na/c1-3-7-17(28)23-11-16(27)19(29)20-18(24-13(2)25)15(26)10-22(33-20,21(30)31)32-12-14-8-5-4-6-9-14;/h4-6,8-9,15-16,18-20,26-27,29H,3,7,10-12H2,1-2H3,(H,23,28)(H,24,25)(H,30,31);/q;+1/p-1/t15-,16+,18+,19-,20+,22+;/m0./s1. The van der Waals surface area contributed by atoms with Gasteiger partial charge in [0.2, 0.25) is 17.6 Å². The van der Waals surface area contributed by atoms with Gasteiger partial charge in [0, 0.05) is 26.3 Å². The van der Waals surface area contributed by atoms with Crippen LogP contribution in [0.3, 0.4) is 0 Å². The Kier molecular flexibility index (Phi) is 12.6. The molecule has 5 N–H and O–H groups in total. The van der Waals surface area contributed by atoms with Crippen LogP contribution in [-0.2, 0) is 30.5 Å². The van der Waals surface area contributed by atoms with Crippen LogP contribution in [0.15, 0.2) is 30.3 Å². The first-order chi connectivity index (χ1) is 15.6. The smallest absolute Gasteiger partial charge is 0.544 e. The Morgan fingerprint density at radius 1 is 1.26 bits per heavy atom. The van der Waals surface area contributed by atoms with Crippen molar-refractivity contribution < 1.29 is 73.8 Å². The fourth-order valence-electron chi connectivity index (χ4n) is 3.59. The number of amides is 2. The van der Waals surface area contributed by atoms with Crippen LogP contribution in [0, 0.1) is 0 Å². The minimum absolute atomic E-state index is 0. The molecule has 12 heteroatoms. The normalized spacial score (nSPS) is 26.0. The van der Waals surface area contributed by atoms with Crippen LogP contribution in [-0.4, -0.2) is 75.9 Å². The Morgan fingerprint density at radius 3 is 2.47 bits per heavy atom. The van der Waals surface area contributed by atoms with Gasteiger partial charge in [-0.05, 0) is 12.0 Å². The number of carbonyl (C=O) groups excluding carboxylic acids is 3. The van der Waals surface area contributed by atoms with E-state index < -0.39 is 54.5 Å². The summed E-state index contributed by atoms with van der Waals surface area (Å²) in [5, 5.41) is 48.7. The third-order valence-corrected chi connectivity index (χ3v) is 5.28. The molecule has 34 heavy (non-hydrogen) atoms. The predicted octanol–water partition coefficient (Wildman–Crippen LogP) is -5.05. The van der Waals surface area contributed by atoms with Crippen LogP contribution in [0.1, 0.15) is 38.7 Å². The van der Waals surface area contributed by atoms with Gasteiger partial charge < -0.3 is 45.3 Å². The second kappa shape index (κ2) is 14.1. The Hall–Kier alpha value is -1.57. The molecule has 2 amide bonds. The first-order valence-electron chi connectivity index (χ1n) is 10.7. The van der Waals surface area contributed by atoms with E-state index in [9.17, 15) is 34.8 Å². The summed E-state index contributed by atoms with van der Waals surface area (Å²) < 4.78 is 11.1. The van der Waals surface area contributed by atoms with Crippen LogP contribution in [0.5, 0.6) is 0 Å². The maximum absolute atomic E-state index is 12.0. The number of hydrogen-bond donors (Lipinski definition) is 5. The molecular formula is C22H31N2NaO9. The summed E-state index contributed by atoms with van der Waals surface area (Å²) in [6.45, 7) is 2.41. The summed E-state index contributed by atoms with van der Waals surface area (Å²) in [7, 11) is 0. The summed E-state index contributed by atoms with van der Waals surface area (Å²) in [6.07, 6.45) is -6.29. The number of nitrogens with one attached hydrogen (secondary N) is 2. The van der Waals surface area contributed by atoms with Gasteiger partial charge in [-0.25, -0.2) is 0 Å². The molecule has 1 fully saturated rings. The number of rotatable bonds is 11. The monoisotopic (exact) mass is 490 g/mol. The minimum Gasteiger partial charge on any atom is -0.544 e. The van der Waals surface area contributed by atoms with Crippen molar-refractivity contribution in [1.82, 2.24) is 10.6 Å². The van der Waals surface area contributed by atoms with E-state index in [1.54, 1.807) is 37.3 Å². The molecule has 1 aliphatic rings. The fourth-order valence-corrected chi connectivity index (χ4v) is 3.59. The van der Waals surface area contributed by atoms with Crippen LogP contribution >= 0.6 is 0 Å². The van der Waals surface area contributed by atoms with Crippen molar-refractivity contribution in [3.8, 4) is 0 Å². The average molecular weight is 490 g/mol. The van der Waals surface area contributed by atoms with Crippen molar-refractivity contribution in [3.05, 3.63) is 35.9 Å². The van der Waals surface area contributed by atoms with E-state index in [0.717, 1.165) is 0 Å². The molecule has 0 spiro atoms. The molecule has 0 bridgehead atoms. The maximum Gasteiger partial charge on any atom is 1.00 e. The molecule has 0 aromatic heterocycles. The van der Waals surface area contributed by atoms with E-state index in [4.69, 9.17) is 9.47 Å². The molecule has 0 saturated carbocycles. The number of aliphatic hydroxyl groups excluding tert-OH is 3. The van der Waals surface area contributed by atoms with Gasteiger partial charge in [0.25, 0.3) is 0 Å². The average Bonchev–Trinajstić information content (AvgIpc) is 2.77. The van der Waals surface area contributed by atoms with Gasteiger partial charge in [0.05, 0.1) is 24.9 Å².